The minimum absolute atomic E-state index is 0.00768. The van der Waals surface area contributed by atoms with Crippen LogP contribution in [0, 0.1) is 0 Å². The van der Waals surface area contributed by atoms with Crippen molar-refractivity contribution in [1.82, 2.24) is 5.32 Å². The van der Waals surface area contributed by atoms with Crippen LogP contribution in [0.4, 0.5) is 0 Å². The number of esters is 1. The van der Waals surface area contributed by atoms with Gasteiger partial charge in [-0.05, 0) is 83.5 Å². The zero-order valence-electron chi connectivity index (χ0n) is 54.8. The van der Waals surface area contributed by atoms with Crippen molar-refractivity contribution < 1.29 is 24.5 Å². The Morgan fingerprint density at radius 2 is 0.617 bits per heavy atom. The van der Waals surface area contributed by atoms with Gasteiger partial charge in [-0.3, -0.25) is 9.59 Å². The molecule has 478 valence electrons. The maximum Gasteiger partial charge on any atom is 0.305 e. The van der Waals surface area contributed by atoms with Crippen LogP contribution in [0.2, 0.25) is 0 Å². The molecular formula is C75H143NO5. The summed E-state index contributed by atoms with van der Waals surface area (Å²) < 4.78 is 5.50. The third kappa shape index (κ3) is 67.1. The molecule has 3 N–H and O–H groups in total. The van der Waals surface area contributed by atoms with E-state index >= 15 is 0 Å². The number of aliphatic hydroxyl groups is 2. The third-order valence-corrected chi connectivity index (χ3v) is 17.2. The fourth-order valence-electron chi connectivity index (χ4n) is 11.6. The van der Waals surface area contributed by atoms with E-state index in [9.17, 15) is 19.8 Å². The van der Waals surface area contributed by atoms with Gasteiger partial charge >= 0.3 is 5.97 Å². The van der Waals surface area contributed by atoms with Crippen molar-refractivity contribution >= 4 is 11.9 Å². The molecule has 0 saturated heterocycles. The predicted molar refractivity (Wildman–Crippen MR) is 356 cm³/mol. The quantitative estimate of drug-likeness (QED) is 0.0320. The topological polar surface area (TPSA) is 95.9 Å². The maximum absolute atomic E-state index is 12.5. The molecule has 0 heterocycles. The number of hydrogen-bond acceptors (Lipinski definition) is 5. The third-order valence-electron chi connectivity index (χ3n) is 17.2. The number of nitrogens with one attached hydrogen (secondary N) is 1. The molecule has 6 nitrogen and oxygen atoms in total. The van der Waals surface area contributed by atoms with Crippen LogP contribution >= 0.6 is 0 Å². The van der Waals surface area contributed by atoms with Crippen LogP contribution < -0.4 is 5.32 Å². The van der Waals surface area contributed by atoms with E-state index in [1.54, 1.807) is 0 Å². The van der Waals surface area contributed by atoms with Crippen molar-refractivity contribution in [2.24, 2.45) is 0 Å². The molecule has 0 aromatic rings. The Labute approximate surface area is 506 Å². The smallest absolute Gasteiger partial charge is 0.305 e. The van der Waals surface area contributed by atoms with E-state index in [4.69, 9.17) is 4.74 Å². The molecule has 0 radical (unpaired) electrons. The highest BCUT2D eigenvalue weighted by Crippen LogP contribution is 2.19. The molecule has 0 aliphatic carbocycles. The lowest BCUT2D eigenvalue weighted by atomic mass is 10.0. The van der Waals surface area contributed by atoms with Crippen molar-refractivity contribution in [2.45, 2.75) is 418 Å². The molecule has 0 bridgehead atoms. The molecule has 1 amide bonds. The first kappa shape index (κ1) is 79.1. The fraction of sp³-hybridized carbons (Fsp3) is 0.893. The monoisotopic (exact) mass is 1140 g/mol. The summed E-state index contributed by atoms with van der Waals surface area (Å²) in [5, 5.41) is 23.4. The molecule has 6 heteroatoms. The molecule has 0 spiro atoms. The minimum atomic E-state index is -0.667. The molecule has 0 aromatic carbocycles. The molecule has 0 aromatic heterocycles. The summed E-state index contributed by atoms with van der Waals surface area (Å²) in [5.41, 5.74) is 0. The maximum atomic E-state index is 12.5. The highest BCUT2D eigenvalue weighted by molar-refractivity contribution is 5.76. The summed E-state index contributed by atoms with van der Waals surface area (Å²) in [6.07, 6.45) is 90.5. The first-order valence-corrected chi connectivity index (χ1v) is 36.7. The number of hydrogen-bond donors (Lipinski definition) is 3. The number of amides is 1. The van der Waals surface area contributed by atoms with Crippen LogP contribution in [-0.4, -0.2) is 47.4 Å². The number of carbonyl (C=O) groups is 2. The Balaban J connectivity index is 3.39. The van der Waals surface area contributed by atoms with Gasteiger partial charge in [-0.15, -0.1) is 0 Å². The normalized spacial score (nSPS) is 12.7. The number of unbranched alkanes of at least 4 members (excludes halogenated alkanes) is 52. The van der Waals surface area contributed by atoms with Crippen LogP contribution in [0.3, 0.4) is 0 Å². The van der Waals surface area contributed by atoms with Gasteiger partial charge in [0.15, 0.2) is 0 Å². The number of allylic oxidation sites excluding steroid dienone is 6. The van der Waals surface area contributed by atoms with Gasteiger partial charge in [0, 0.05) is 12.8 Å². The molecule has 0 saturated carbocycles. The van der Waals surface area contributed by atoms with E-state index in [1.165, 1.54) is 321 Å². The van der Waals surface area contributed by atoms with Gasteiger partial charge in [0.25, 0.3) is 0 Å². The molecule has 2 unspecified atom stereocenters. The highest BCUT2D eigenvalue weighted by atomic mass is 16.5. The SMILES string of the molecule is CCCCCC/C=C\C/C=C\CCCCCCCCCC(=O)OCCCCCCCCCCCCCC/C=C\CCCCCCCCCCCCC(=O)NC(CO)C(O)CCCCCCCCCCCCCCCCCCCCCC. The zero-order valence-corrected chi connectivity index (χ0v) is 54.8. The second-order valence-corrected chi connectivity index (χ2v) is 25.3. The van der Waals surface area contributed by atoms with E-state index in [0.29, 0.717) is 25.9 Å². The van der Waals surface area contributed by atoms with Gasteiger partial charge in [-0.2, -0.15) is 0 Å². The Morgan fingerprint density at radius 1 is 0.346 bits per heavy atom. The van der Waals surface area contributed by atoms with Crippen LogP contribution in [0.25, 0.3) is 0 Å². The highest BCUT2D eigenvalue weighted by Gasteiger charge is 2.20. The van der Waals surface area contributed by atoms with Crippen molar-refractivity contribution in [2.75, 3.05) is 13.2 Å². The zero-order chi connectivity index (χ0) is 58.5. The summed E-state index contributed by atoms with van der Waals surface area (Å²) in [7, 11) is 0. The van der Waals surface area contributed by atoms with Crippen LogP contribution in [-0.2, 0) is 14.3 Å². The van der Waals surface area contributed by atoms with Crippen LogP contribution in [0.5, 0.6) is 0 Å². The Kier molecular flexibility index (Phi) is 68.9. The lowest BCUT2D eigenvalue weighted by Gasteiger charge is -2.22. The Morgan fingerprint density at radius 3 is 0.963 bits per heavy atom. The second kappa shape index (κ2) is 70.6. The molecule has 0 fully saturated rings. The minimum Gasteiger partial charge on any atom is -0.466 e. The number of ether oxygens (including phenoxy) is 1. The van der Waals surface area contributed by atoms with E-state index in [2.05, 4.69) is 55.6 Å². The van der Waals surface area contributed by atoms with Gasteiger partial charge in [0.05, 0.1) is 25.4 Å². The van der Waals surface area contributed by atoms with Crippen molar-refractivity contribution in [3.05, 3.63) is 36.5 Å². The lowest BCUT2D eigenvalue weighted by molar-refractivity contribution is -0.143. The fourth-order valence-corrected chi connectivity index (χ4v) is 11.6. The largest absolute Gasteiger partial charge is 0.466 e. The van der Waals surface area contributed by atoms with E-state index in [1.807, 2.05) is 0 Å². The van der Waals surface area contributed by atoms with Crippen LogP contribution in [0.1, 0.15) is 406 Å². The predicted octanol–water partition coefficient (Wildman–Crippen LogP) is 23.9. The first-order chi connectivity index (χ1) is 40.0. The lowest BCUT2D eigenvalue weighted by Crippen LogP contribution is -2.45. The number of rotatable bonds is 69. The summed E-state index contributed by atoms with van der Waals surface area (Å²) in [6, 6.07) is -0.544. The summed E-state index contributed by atoms with van der Waals surface area (Å²) >= 11 is 0. The molecule has 0 rings (SSSR count). The summed E-state index contributed by atoms with van der Waals surface area (Å²) in [4.78, 5) is 24.7. The van der Waals surface area contributed by atoms with Gasteiger partial charge < -0.3 is 20.3 Å². The van der Waals surface area contributed by atoms with Crippen LogP contribution in [0.15, 0.2) is 36.5 Å². The Bertz CT molecular complexity index is 1310. The molecule has 0 aliphatic heterocycles. The average molecular weight is 1140 g/mol. The van der Waals surface area contributed by atoms with E-state index in [0.717, 1.165) is 51.4 Å². The molecule has 81 heavy (non-hydrogen) atoms. The van der Waals surface area contributed by atoms with Crippen molar-refractivity contribution in [1.29, 1.82) is 0 Å². The molecule has 2 atom stereocenters. The van der Waals surface area contributed by atoms with E-state index in [-0.39, 0.29) is 18.5 Å². The Hall–Kier alpha value is -1.92. The summed E-state index contributed by atoms with van der Waals surface area (Å²) in [5.74, 6) is -0.0252. The second-order valence-electron chi connectivity index (χ2n) is 25.3. The first-order valence-electron chi connectivity index (χ1n) is 36.7. The van der Waals surface area contributed by atoms with E-state index < -0.39 is 12.1 Å². The van der Waals surface area contributed by atoms with Gasteiger partial charge in [0.2, 0.25) is 5.91 Å². The van der Waals surface area contributed by atoms with Gasteiger partial charge in [-0.25, -0.2) is 0 Å². The standard InChI is InChI=1S/C75H143NO5/c1-3-5-7-9-11-13-15-17-19-21-23-32-35-39-43-47-51-55-59-63-67-73(78)72(71-77)76-74(79)68-64-60-56-52-48-44-40-36-33-30-28-26-24-25-27-29-31-34-38-42-46-50-54-58-62-66-70-81-75(80)69-65-61-57-53-49-45-41-37-22-20-18-16-14-12-10-8-6-4-2/h14,16,20,22,24,26,72-73,77-78H,3-13,15,17-19,21,23,25,27-71H2,1-2H3,(H,76,79)/b16-14-,22-20-,26-24-. The molecular weight excluding hydrogens is 995 g/mol. The summed E-state index contributed by atoms with van der Waals surface area (Å²) in [6.45, 7) is 4.97. The van der Waals surface area contributed by atoms with Crippen molar-refractivity contribution in [3.63, 3.8) is 0 Å². The van der Waals surface area contributed by atoms with Crippen molar-refractivity contribution in [3.8, 4) is 0 Å². The van der Waals surface area contributed by atoms with Gasteiger partial charge in [-0.1, -0.05) is 346 Å². The number of carbonyl (C=O) groups excluding carboxylic acids is 2. The molecule has 0 aliphatic rings. The van der Waals surface area contributed by atoms with Gasteiger partial charge in [0.1, 0.15) is 0 Å². The number of aliphatic hydroxyl groups excluding tert-OH is 2. The average Bonchev–Trinajstić information content (AvgIpc) is 3.47.